The first kappa shape index (κ1) is 16.2. The van der Waals surface area contributed by atoms with Gasteiger partial charge in [-0.3, -0.25) is 0 Å². The molecule has 1 aliphatic heterocycles. The molecule has 1 unspecified atom stereocenters. The number of hydrogen-bond acceptors (Lipinski definition) is 4. The second kappa shape index (κ2) is 5.85. The number of fused-ring (bicyclic) bond motifs is 6. The number of benzene rings is 3. The molecule has 4 heteroatoms. The molecule has 0 radical (unpaired) electrons. The van der Waals surface area contributed by atoms with Gasteiger partial charge in [-0.1, -0.05) is 42.5 Å². The lowest BCUT2D eigenvalue weighted by Crippen LogP contribution is -2.22. The monoisotopic (exact) mass is 379 g/mol. The van der Waals surface area contributed by atoms with Gasteiger partial charge in [0, 0.05) is 11.1 Å². The van der Waals surface area contributed by atoms with Crippen molar-refractivity contribution in [2.45, 2.75) is 12.8 Å². The van der Waals surface area contributed by atoms with Crippen LogP contribution in [0.2, 0.25) is 0 Å². The Hall–Kier alpha value is -3.79. The van der Waals surface area contributed by atoms with Crippen LogP contribution in [0.5, 0.6) is 0 Å². The SMILES string of the molecule is Cc1ccc(C2c3c(c4ccccc4oc3=O)Nc3ccc4ccccc4c32)o1. The third-order valence-corrected chi connectivity index (χ3v) is 5.70. The number of aryl methyl sites for hydroxylation is 1. The molecule has 4 nitrogen and oxygen atoms in total. The van der Waals surface area contributed by atoms with Gasteiger partial charge in [-0.15, -0.1) is 0 Å². The van der Waals surface area contributed by atoms with Crippen LogP contribution >= 0.6 is 0 Å². The average Bonchev–Trinajstić information content (AvgIpc) is 3.18. The second-order valence-corrected chi connectivity index (χ2v) is 7.43. The van der Waals surface area contributed by atoms with Crippen LogP contribution in [0.15, 0.2) is 86.4 Å². The Morgan fingerprint density at radius 2 is 1.59 bits per heavy atom. The van der Waals surface area contributed by atoms with Crippen LogP contribution in [-0.4, -0.2) is 0 Å². The Bertz CT molecular complexity index is 1480. The van der Waals surface area contributed by atoms with Crippen LogP contribution in [-0.2, 0) is 0 Å². The van der Waals surface area contributed by atoms with Crippen molar-refractivity contribution in [1.82, 2.24) is 0 Å². The van der Waals surface area contributed by atoms with Gasteiger partial charge in [-0.05, 0) is 53.6 Å². The molecule has 0 amide bonds. The first-order chi connectivity index (χ1) is 14.2. The molecular weight excluding hydrogens is 362 g/mol. The predicted molar refractivity (Wildman–Crippen MR) is 114 cm³/mol. The third-order valence-electron chi connectivity index (χ3n) is 5.70. The van der Waals surface area contributed by atoms with E-state index in [1.807, 2.05) is 55.5 Å². The van der Waals surface area contributed by atoms with Gasteiger partial charge in [0.25, 0.3) is 0 Å². The van der Waals surface area contributed by atoms with E-state index in [9.17, 15) is 4.79 Å². The molecule has 6 rings (SSSR count). The molecule has 0 spiro atoms. The van der Waals surface area contributed by atoms with E-state index in [1.54, 1.807) is 0 Å². The van der Waals surface area contributed by atoms with E-state index in [1.165, 1.54) is 0 Å². The highest BCUT2D eigenvalue weighted by molar-refractivity contribution is 6.00. The van der Waals surface area contributed by atoms with Gasteiger partial charge in [0.15, 0.2) is 0 Å². The van der Waals surface area contributed by atoms with Gasteiger partial charge in [0.1, 0.15) is 17.1 Å². The quantitative estimate of drug-likeness (QED) is 0.352. The van der Waals surface area contributed by atoms with E-state index >= 15 is 0 Å². The lowest BCUT2D eigenvalue weighted by molar-refractivity contribution is 0.470. The van der Waals surface area contributed by atoms with Crippen LogP contribution in [0.4, 0.5) is 11.4 Å². The van der Waals surface area contributed by atoms with E-state index in [0.29, 0.717) is 11.1 Å². The Labute approximate surface area is 166 Å². The topological polar surface area (TPSA) is 55.4 Å². The smallest absolute Gasteiger partial charge is 0.342 e. The van der Waals surface area contributed by atoms with Crippen molar-refractivity contribution in [1.29, 1.82) is 0 Å². The maximum absolute atomic E-state index is 13.2. The second-order valence-electron chi connectivity index (χ2n) is 7.43. The Morgan fingerprint density at radius 1 is 0.793 bits per heavy atom. The van der Waals surface area contributed by atoms with Crippen molar-refractivity contribution in [2.75, 3.05) is 5.32 Å². The van der Waals surface area contributed by atoms with E-state index in [2.05, 4.69) is 29.6 Å². The fourth-order valence-electron chi connectivity index (χ4n) is 4.45. The number of furan rings is 1. The largest absolute Gasteiger partial charge is 0.465 e. The zero-order valence-electron chi connectivity index (χ0n) is 15.7. The molecule has 3 aromatic carbocycles. The summed E-state index contributed by atoms with van der Waals surface area (Å²) in [6.07, 6.45) is 0. The Balaban J connectivity index is 1.77. The van der Waals surface area contributed by atoms with Crippen LogP contribution in [0.1, 0.15) is 28.6 Å². The van der Waals surface area contributed by atoms with Crippen molar-refractivity contribution in [3.05, 3.63) is 106 Å². The average molecular weight is 379 g/mol. The third kappa shape index (κ3) is 2.29. The number of nitrogens with one attached hydrogen (secondary N) is 1. The van der Waals surface area contributed by atoms with Crippen molar-refractivity contribution >= 4 is 33.1 Å². The highest BCUT2D eigenvalue weighted by atomic mass is 16.4. The van der Waals surface area contributed by atoms with Crippen molar-refractivity contribution in [2.24, 2.45) is 0 Å². The number of para-hydroxylation sites is 1. The van der Waals surface area contributed by atoms with E-state index < -0.39 is 0 Å². The normalized spacial score (nSPS) is 15.1. The number of hydrogen-bond donors (Lipinski definition) is 1. The summed E-state index contributed by atoms with van der Waals surface area (Å²) in [5.74, 6) is 1.21. The molecule has 0 saturated carbocycles. The molecule has 0 fully saturated rings. The molecule has 5 aromatic rings. The number of anilines is 2. The molecule has 0 bridgehead atoms. The molecule has 3 heterocycles. The number of rotatable bonds is 1. The molecule has 1 aliphatic rings. The van der Waals surface area contributed by atoms with Crippen molar-refractivity contribution in [3.63, 3.8) is 0 Å². The lowest BCUT2D eigenvalue weighted by Gasteiger charge is -2.29. The standard InChI is InChI=1S/C25H17NO3/c1-14-10-13-20(28-14)22-21-16-7-3-2-6-15(16)11-12-18(21)26-24-17-8-4-5-9-19(17)29-25(27)23(22)24/h2-13,22,26H,1H3. The van der Waals surface area contributed by atoms with E-state index in [-0.39, 0.29) is 11.5 Å². The fourth-order valence-corrected chi connectivity index (χ4v) is 4.45. The summed E-state index contributed by atoms with van der Waals surface area (Å²) in [5.41, 5.74) is 3.62. The lowest BCUT2D eigenvalue weighted by atomic mass is 9.81. The molecular formula is C25H17NO3. The van der Waals surface area contributed by atoms with Gasteiger partial charge in [0.05, 0.1) is 17.2 Å². The van der Waals surface area contributed by atoms with Gasteiger partial charge >= 0.3 is 5.63 Å². The molecule has 29 heavy (non-hydrogen) atoms. The van der Waals surface area contributed by atoms with Crippen LogP contribution in [0.3, 0.4) is 0 Å². The van der Waals surface area contributed by atoms with Gasteiger partial charge < -0.3 is 14.2 Å². The summed E-state index contributed by atoms with van der Waals surface area (Å²) >= 11 is 0. The highest BCUT2D eigenvalue weighted by Gasteiger charge is 2.35. The molecule has 0 aliphatic carbocycles. The minimum absolute atomic E-state index is 0.344. The first-order valence-electron chi connectivity index (χ1n) is 9.61. The predicted octanol–water partition coefficient (Wildman–Crippen LogP) is 6.08. The van der Waals surface area contributed by atoms with Crippen molar-refractivity contribution < 1.29 is 8.83 Å². The highest BCUT2D eigenvalue weighted by Crippen LogP contribution is 2.48. The summed E-state index contributed by atoms with van der Waals surface area (Å²) in [4.78, 5) is 13.2. The molecule has 0 saturated heterocycles. The molecule has 2 aromatic heterocycles. The fraction of sp³-hybridized carbons (Fsp3) is 0.0800. The van der Waals surface area contributed by atoms with Crippen molar-refractivity contribution in [3.8, 4) is 0 Å². The summed E-state index contributed by atoms with van der Waals surface area (Å²) in [6.45, 7) is 1.92. The zero-order valence-corrected chi connectivity index (χ0v) is 15.7. The van der Waals surface area contributed by atoms with Crippen LogP contribution in [0, 0.1) is 6.92 Å². The summed E-state index contributed by atoms with van der Waals surface area (Å²) in [5, 5.41) is 6.62. The minimum Gasteiger partial charge on any atom is -0.465 e. The first-order valence-corrected chi connectivity index (χ1v) is 9.61. The zero-order chi connectivity index (χ0) is 19.5. The molecule has 140 valence electrons. The Kier molecular flexibility index (Phi) is 3.27. The summed E-state index contributed by atoms with van der Waals surface area (Å²) in [7, 11) is 0. The van der Waals surface area contributed by atoms with Crippen LogP contribution in [0.25, 0.3) is 21.7 Å². The van der Waals surface area contributed by atoms with Gasteiger partial charge in [-0.25, -0.2) is 4.79 Å². The van der Waals surface area contributed by atoms with Crippen LogP contribution < -0.4 is 10.9 Å². The van der Waals surface area contributed by atoms with Gasteiger partial charge in [-0.2, -0.15) is 0 Å². The maximum atomic E-state index is 13.2. The van der Waals surface area contributed by atoms with Gasteiger partial charge in [0.2, 0.25) is 0 Å². The van der Waals surface area contributed by atoms with E-state index in [4.69, 9.17) is 8.83 Å². The molecule has 1 atom stereocenters. The minimum atomic E-state index is -0.345. The summed E-state index contributed by atoms with van der Waals surface area (Å²) in [6, 6.07) is 23.9. The molecule has 1 N–H and O–H groups in total. The Morgan fingerprint density at radius 3 is 2.41 bits per heavy atom. The van der Waals surface area contributed by atoms with E-state index in [0.717, 1.165) is 44.6 Å². The maximum Gasteiger partial charge on any atom is 0.342 e. The summed E-state index contributed by atoms with van der Waals surface area (Å²) < 4.78 is 11.8.